The highest BCUT2D eigenvalue weighted by molar-refractivity contribution is 7.80. The SMILES string of the molecule is COc1ccc(OCC(=O)NC(=S)NNC(=O)c2ccccc2)cc1. The minimum atomic E-state index is -0.456. The normalized spacial score (nSPS) is 9.64. The Balaban J connectivity index is 1.70. The summed E-state index contributed by atoms with van der Waals surface area (Å²) in [4.78, 5) is 23.6. The van der Waals surface area contributed by atoms with E-state index in [1.165, 1.54) is 0 Å². The van der Waals surface area contributed by atoms with Crippen molar-refractivity contribution in [2.24, 2.45) is 0 Å². The molecule has 2 rings (SSSR count). The molecular weight excluding hydrogens is 342 g/mol. The number of methoxy groups -OCH3 is 1. The van der Waals surface area contributed by atoms with Crippen molar-refractivity contribution in [3.05, 3.63) is 60.2 Å². The molecule has 25 heavy (non-hydrogen) atoms. The highest BCUT2D eigenvalue weighted by Crippen LogP contribution is 2.16. The molecular formula is C17H17N3O4S. The lowest BCUT2D eigenvalue weighted by Crippen LogP contribution is -2.49. The Morgan fingerprint density at radius 3 is 2.24 bits per heavy atom. The van der Waals surface area contributed by atoms with E-state index in [0.717, 1.165) is 0 Å². The predicted molar refractivity (Wildman–Crippen MR) is 96.3 cm³/mol. The topological polar surface area (TPSA) is 88.7 Å². The third kappa shape index (κ3) is 6.11. The van der Waals surface area contributed by atoms with Gasteiger partial charge in [0, 0.05) is 5.56 Å². The van der Waals surface area contributed by atoms with Crippen molar-refractivity contribution in [3.8, 4) is 11.5 Å². The number of amides is 2. The van der Waals surface area contributed by atoms with Crippen LogP contribution in [0.5, 0.6) is 11.5 Å². The molecule has 0 bridgehead atoms. The summed E-state index contributed by atoms with van der Waals surface area (Å²) in [7, 11) is 1.56. The molecule has 8 heteroatoms. The van der Waals surface area contributed by atoms with E-state index in [1.807, 2.05) is 0 Å². The van der Waals surface area contributed by atoms with E-state index in [2.05, 4.69) is 16.2 Å². The van der Waals surface area contributed by atoms with Crippen molar-refractivity contribution in [3.63, 3.8) is 0 Å². The fraction of sp³-hybridized carbons (Fsp3) is 0.118. The van der Waals surface area contributed by atoms with E-state index in [4.69, 9.17) is 21.7 Å². The van der Waals surface area contributed by atoms with Crippen molar-refractivity contribution in [1.82, 2.24) is 16.2 Å². The van der Waals surface area contributed by atoms with Crippen LogP contribution in [0.3, 0.4) is 0 Å². The largest absolute Gasteiger partial charge is 0.497 e. The maximum absolute atomic E-state index is 11.8. The van der Waals surface area contributed by atoms with Crippen LogP contribution in [-0.4, -0.2) is 30.6 Å². The number of benzene rings is 2. The van der Waals surface area contributed by atoms with E-state index in [1.54, 1.807) is 61.7 Å². The summed E-state index contributed by atoms with van der Waals surface area (Å²) in [6.07, 6.45) is 0. The van der Waals surface area contributed by atoms with Gasteiger partial charge >= 0.3 is 0 Å². The number of thiocarbonyl (C=S) groups is 1. The van der Waals surface area contributed by atoms with Gasteiger partial charge in [-0.05, 0) is 48.6 Å². The third-order valence-electron chi connectivity index (χ3n) is 3.01. The first-order valence-electron chi connectivity index (χ1n) is 7.30. The summed E-state index contributed by atoms with van der Waals surface area (Å²) in [6, 6.07) is 15.4. The molecule has 0 saturated heterocycles. The minimum Gasteiger partial charge on any atom is -0.497 e. The average molecular weight is 359 g/mol. The number of hydrazine groups is 1. The molecule has 0 atom stereocenters. The van der Waals surface area contributed by atoms with Gasteiger partial charge in [-0.1, -0.05) is 18.2 Å². The fourth-order valence-electron chi connectivity index (χ4n) is 1.79. The van der Waals surface area contributed by atoms with Crippen molar-refractivity contribution >= 4 is 29.1 Å². The van der Waals surface area contributed by atoms with Crippen LogP contribution in [0.15, 0.2) is 54.6 Å². The van der Waals surface area contributed by atoms with Gasteiger partial charge in [-0.25, -0.2) is 0 Å². The second kappa shape index (κ2) is 9.24. The Morgan fingerprint density at radius 1 is 0.960 bits per heavy atom. The summed E-state index contributed by atoms with van der Waals surface area (Å²) in [5.74, 6) is 0.387. The van der Waals surface area contributed by atoms with Crippen LogP contribution < -0.4 is 25.6 Å². The number of rotatable bonds is 5. The lowest BCUT2D eigenvalue weighted by Gasteiger charge is -2.11. The van der Waals surface area contributed by atoms with Crippen molar-refractivity contribution in [2.45, 2.75) is 0 Å². The predicted octanol–water partition coefficient (Wildman–Crippen LogP) is 1.41. The smallest absolute Gasteiger partial charge is 0.269 e. The molecule has 0 saturated carbocycles. The van der Waals surface area contributed by atoms with Crippen LogP contribution in [0.25, 0.3) is 0 Å². The van der Waals surface area contributed by atoms with Gasteiger partial charge < -0.3 is 9.47 Å². The average Bonchev–Trinajstić information content (AvgIpc) is 2.65. The van der Waals surface area contributed by atoms with Crippen LogP contribution in [0, 0.1) is 0 Å². The summed E-state index contributed by atoms with van der Waals surface area (Å²) in [6.45, 7) is -0.221. The molecule has 0 fully saturated rings. The van der Waals surface area contributed by atoms with Crippen LogP contribution >= 0.6 is 12.2 Å². The van der Waals surface area contributed by atoms with Gasteiger partial charge in [0.15, 0.2) is 11.7 Å². The summed E-state index contributed by atoms with van der Waals surface area (Å²) in [5, 5.41) is 2.36. The lowest BCUT2D eigenvalue weighted by atomic mass is 10.2. The van der Waals surface area contributed by atoms with E-state index in [-0.39, 0.29) is 17.6 Å². The zero-order chi connectivity index (χ0) is 18.1. The maximum Gasteiger partial charge on any atom is 0.269 e. The molecule has 130 valence electrons. The molecule has 3 N–H and O–H groups in total. The molecule has 2 aromatic rings. The minimum absolute atomic E-state index is 0.0346. The summed E-state index contributed by atoms with van der Waals surface area (Å²) >= 11 is 4.93. The van der Waals surface area contributed by atoms with Crippen LogP contribution in [0.4, 0.5) is 0 Å². The van der Waals surface area contributed by atoms with Gasteiger partial charge in [-0.2, -0.15) is 0 Å². The van der Waals surface area contributed by atoms with E-state index >= 15 is 0 Å². The molecule has 0 radical (unpaired) electrons. The van der Waals surface area contributed by atoms with E-state index in [0.29, 0.717) is 17.1 Å². The zero-order valence-corrected chi connectivity index (χ0v) is 14.3. The Hall–Kier alpha value is -3.13. The van der Waals surface area contributed by atoms with Gasteiger partial charge in [0.05, 0.1) is 7.11 Å². The Bertz CT molecular complexity index is 735. The molecule has 2 aromatic carbocycles. The van der Waals surface area contributed by atoms with Gasteiger partial charge in [-0.3, -0.25) is 25.8 Å². The van der Waals surface area contributed by atoms with Gasteiger partial charge in [0.25, 0.3) is 11.8 Å². The number of ether oxygens (including phenoxy) is 2. The Morgan fingerprint density at radius 2 is 1.60 bits per heavy atom. The highest BCUT2D eigenvalue weighted by atomic mass is 32.1. The second-order valence-electron chi connectivity index (χ2n) is 4.79. The first-order valence-corrected chi connectivity index (χ1v) is 7.71. The summed E-state index contributed by atoms with van der Waals surface area (Å²) in [5.41, 5.74) is 5.31. The quantitative estimate of drug-likeness (QED) is 0.553. The second-order valence-corrected chi connectivity index (χ2v) is 5.19. The van der Waals surface area contributed by atoms with E-state index in [9.17, 15) is 9.59 Å². The number of nitrogens with one attached hydrogen (secondary N) is 3. The first-order chi connectivity index (χ1) is 12.1. The monoisotopic (exact) mass is 359 g/mol. The standard InChI is InChI=1S/C17H17N3O4S/c1-23-13-7-9-14(10-8-13)24-11-15(21)18-17(25)20-19-16(22)12-5-3-2-4-6-12/h2-10H,11H2,1H3,(H,19,22)(H2,18,20,21,25). The fourth-order valence-corrected chi connectivity index (χ4v) is 1.95. The molecule has 2 amide bonds. The maximum atomic E-state index is 11.8. The highest BCUT2D eigenvalue weighted by Gasteiger charge is 2.08. The number of carbonyl (C=O) groups is 2. The molecule has 0 aliphatic heterocycles. The first kappa shape index (κ1) is 18.2. The van der Waals surface area contributed by atoms with Crippen molar-refractivity contribution in [1.29, 1.82) is 0 Å². The lowest BCUT2D eigenvalue weighted by molar-refractivity contribution is -0.121. The van der Waals surface area contributed by atoms with Gasteiger partial charge in [0.2, 0.25) is 0 Å². The molecule has 0 aromatic heterocycles. The number of carbonyl (C=O) groups excluding carboxylic acids is 2. The molecule has 0 heterocycles. The molecule has 0 aliphatic rings. The van der Waals surface area contributed by atoms with Crippen LogP contribution in [0.1, 0.15) is 10.4 Å². The number of hydrogen-bond acceptors (Lipinski definition) is 5. The van der Waals surface area contributed by atoms with Crippen molar-refractivity contribution in [2.75, 3.05) is 13.7 Å². The molecule has 0 unspecified atom stereocenters. The van der Waals surface area contributed by atoms with Crippen LogP contribution in [0.2, 0.25) is 0 Å². The van der Waals surface area contributed by atoms with E-state index < -0.39 is 5.91 Å². The Labute approximate surface area is 150 Å². The number of hydrogen-bond donors (Lipinski definition) is 3. The van der Waals surface area contributed by atoms with Crippen LogP contribution in [-0.2, 0) is 4.79 Å². The van der Waals surface area contributed by atoms with Gasteiger partial charge in [-0.15, -0.1) is 0 Å². The third-order valence-corrected chi connectivity index (χ3v) is 3.21. The Kier molecular flexibility index (Phi) is 6.73. The molecule has 0 aliphatic carbocycles. The molecule has 0 spiro atoms. The summed E-state index contributed by atoms with van der Waals surface area (Å²) < 4.78 is 10.4. The zero-order valence-electron chi connectivity index (χ0n) is 13.4. The van der Waals surface area contributed by atoms with Gasteiger partial charge in [0.1, 0.15) is 11.5 Å². The van der Waals surface area contributed by atoms with Crippen molar-refractivity contribution < 1.29 is 19.1 Å². The molecule has 7 nitrogen and oxygen atoms in total.